The van der Waals surface area contributed by atoms with Crippen LogP contribution in [0, 0.1) is 5.92 Å². The third kappa shape index (κ3) is 4.78. The number of nitrogens with zero attached hydrogens (tertiary/aromatic N) is 3. The van der Waals surface area contributed by atoms with E-state index in [1.165, 1.54) is 5.56 Å². The lowest BCUT2D eigenvalue weighted by Crippen LogP contribution is -2.41. The number of amides is 1. The van der Waals surface area contributed by atoms with E-state index in [1.807, 2.05) is 6.20 Å². The van der Waals surface area contributed by atoms with Crippen LogP contribution >= 0.6 is 0 Å². The topological polar surface area (TPSA) is 52.2 Å². The SMILES string of the molecule is O=C(CC1CCN(Cc2ccccc2)CC1)N1CCCC(c2ncc[nH]2)C1. The van der Waals surface area contributed by atoms with Crippen molar-refractivity contribution < 1.29 is 4.79 Å². The zero-order valence-corrected chi connectivity index (χ0v) is 16.0. The summed E-state index contributed by atoms with van der Waals surface area (Å²) in [6, 6.07) is 10.7. The Balaban J connectivity index is 1.23. The summed E-state index contributed by atoms with van der Waals surface area (Å²) in [6.45, 7) is 4.95. The van der Waals surface area contributed by atoms with Crippen molar-refractivity contribution in [1.82, 2.24) is 19.8 Å². The summed E-state index contributed by atoms with van der Waals surface area (Å²) < 4.78 is 0. The number of aromatic amines is 1. The average Bonchev–Trinajstić information content (AvgIpc) is 3.25. The van der Waals surface area contributed by atoms with Gasteiger partial charge in [0, 0.05) is 44.4 Å². The largest absolute Gasteiger partial charge is 0.348 e. The number of benzene rings is 1. The summed E-state index contributed by atoms with van der Waals surface area (Å²) in [5, 5.41) is 0. The van der Waals surface area contributed by atoms with Crippen LogP contribution in [0.5, 0.6) is 0 Å². The molecule has 144 valence electrons. The lowest BCUT2D eigenvalue weighted by atomic mass is 9.91. The molecule has 1 atom stereocenters. The number of rotatable bonds is 5. The summed E-state index contributed by atoms with van der Waals surface area (Å²) in [5.41, 5.74) is 1.38. The smallest absolute Gasteiger partial charge is 0.222 e. The Bertz CT molecular complexity index is 707. The third-order valence-electron chi connectivity index (χ3n) is 6.10. The molecule has 1 amide bonds. The number of H-pyrrole nitrogens is 1. The number of carbonyl (C=O) groups excluding carboxylic acids is 1. The first-order valence-electron chi connectivity index (χ1n) is 10.3. The highest BCUT2D eigenvalue weighted by Crippen LogP contribution is 2.27. The summed E-state index contributed by atoms with van der Waals surface area (Å²) in [6.07, 6.45) is 8.85. The molecule has 0 bridgehead atoms. The Morgan fingerprint density at radius 3 is 2.67 bits per heavy atom. The van der Waals surface area contributed by atoms with Gasteiger partial charge in [0.2, 0.25) is 5.91 Å². The standard InChI is InChI=1S/C22H30N4O/c27-21(26-12-4-7-20(17-26)22-23-10-11-24-22)15-18-8-13-25(14-9-18)16-19-5-2-1-3-6-19/h1-3,5-6,10-11,18,20H,4,7-9,12-17H2,(H,23,24). The first-order chi connectivity index (χ1) is 13.3. The van der Waals surface area contributed by atoms with Crippen LogP contribution in [-0.2, 0) is 11.3 Å². The lowest BCUT2D eigenvalue weighted by Gasteiger charge is -2.35. The highest BCUT2D eigenvalue weighted by atomic mass is 16.2. The molecule has 2 saturated heterocycles. The van der Waals surface area contributed by atoms with Crippen LogP contribution in [0.25, 0.3) is 0 Å². The fourth-order valence-electron chi connectivity index (χ4n) is 4.49. The molecule has 5 nitrogen and oxygen atoms in total. The highest BCUT2D eigenvalue weighted by Gasteiger charge is 2.28. The molecule has 2 aliphatic rings. The highest BCUT2D eigenvalue weighted by molar-refractivity contribution is 5.76. The summed E-state index contributed by atoms with van der Waals surface area (Å²) in [4.78, 5) is 25.0. The zero-order valence-electron chi connectivity index (χ0n) is 16.0. The molecule has 2 aliphatic heterocycles. The van der Waals surface area contributed by atoms with Crippen molar-refractivity contribution >= 4 is 5.91 Å². The Morgan fingerprint density at radius 1 is 1.11 bits per heavy atom. The van der Waals surface area contributed by atoms with E-state index >= 15 is 0 Å². The van der Waals surface area contributed by atoms with Gasteiger partial charge in [0.25, 0.3) is 0 Å². The average molecular weight is 367 g/mol. The van der Waals surface area contributed by atoms with Gasteiger partial charge in [0.1, 0.15) is 5.82 Å². The van der Waals surface area contributed by atoms with Gasteiger partial charge in [0.05, 0.1) is 0 Å². The van der Waals surface area contributed by atoms with E-state index in [0.29, 0.717) is 24.2 Å². The molecule has 27 heavy (non-hydrogen) atoms. The maximum Gasteiger partial charge on any atom is 0.222 e. The second kappa shape index (κ2) is 8.70. The number of piperidine rings is 2. The molecule has 2 aromatic rings. The molecule has 1 aromatic carbocycles. The fourth-order valence-corrected chi connectivity index (χ4v) is 4.49. The molecule has 2 fully saturated rings. The molecule has 1 unspecified atom stereocenters. The van der Waals surface area contributed by atoms with Crippen molar-refractivity contribution in [3.63, 3.8) is 0 Å². The number of hydrogen-bond donors (Lipinski definition) is 1. The van der Waals surface area contributed by atoms with E-state index in [-0.39, 0.29) is 0 Å². The van der Waals surface area contributed by atoms with E-state index in [9.17, 15) is 4.79 Å². The van der Waals surface area contributed by atoms with Crippen LogP contribution in [-0.4, -0.2) is 51.9 Å². The minimum Gasteiger partial charge on any atom is -0.348 e. The van der Waals surface area contributed by atoms with Crippen molar-refractivity contribution in [2.75, 3.05) is 26.2 Å². The van der Waals surface area contributed by atoms with Gasteiger partial charge in [-0.25, -0.2) is 4.98 Å². The van der Waals surface area contributed by atoms with Crippen LogP contribution in [0.2, 0.25) is 0 Å². The van der Waals surface area contributed by atoms with Gasteiger partial charge in [-0.05, 0) is 50.3 Å². The van der Waals surface area contributed by atoms with Crippen molar-refractivity contribution in [1.29, 1.82) is 0 Å². The minimum absolute atomic E-state index is 0.341. The Kier molecular flexibility index (Phi) is 5.87. The van der Waals surface area contributed by atoms with Gasteiger partial charge in [0.15, 0.2) is 0 Å². The molecule has 0 spiro atoms. The minimum atomic E-state index is 0.341. The van der Waals surface area contributed by atoms with E-state index < -0.39 is 0 Å². The molecule has 4 rings (SSSR count). The number of likely N-dealkylation sites (tertiary alicyclic amines) is 2. The number of aromatic nitrogens is 2. The zero-order chi connectivity index (χ0) is 18.5. The molecule has 1 aromatic heterocycles. The van der Waals surface area contributed by atoms with Crippen molar-refractivity contribution in [2.24, 2.45) is 5.92 Å². The van der Waals surface area contributed by atoms with Crippen molar-refractivity contribution in [3.05, 3.63) is 54.1 Å². The Labute approximate surface area is 161 Å². The van der Waals surface area contributed by atoms with Gasteiger partial charge >= 0.3 is 0 Å². The molecule has 0 saturated carbocycles. The van der Waals surface area contributed by atoms with E-state index in [4.69, 9.17) is 0 Å². The van der Waals surface area contributed by atoms with Gasteiger partial charge in [-0.3, -0.25) is 9.69 Å². The Morgan fingerprint density at radius 2 is 1.93 bits per heavy atom. The third-order valence-corrected chi connectivity index (χ3v) is 6.10. The summed E-state index contributed by atoms with van der Waals surface area (Å²) >= 11 is 0. The number of carbonyl (C=O) groups is 1. The van der Waals surface area contributed by atoms with Gasteiger partial charge in [-0.15, -0.1) is 0 Å². The summed E-state index contributed by atoms with van der Waals surface area (Å²) in [7, 11) is 0. The molecule has 1 N–H and O–H groups in total. The first kappa shape index (κ1) is 18.2. The van der Waals surface area contributed by atoms with Crippen molar-refractivity contribution in [2.45, 2.75) is 44.6 Å². The number of imidazole rings is 1. The summed E-state index contributed by atoms with van der Waals surface area (Å²) in [5.74, 6) is 2.27. The molecule has 5 heteroatoms. The second-order valence-electron chi connectivity index (χ2n) is 8.06. The maximum absolute atomic E-state index is 12.8. The lowest BCUT2D eigenvalue weighted by molar-refractivity contribution is -0.133. The maximum atomic E-state index is 12.8. The van der Waals surface area contributed by atoms with Gasteiger partial charge in [-0.1, -0.05) is 30.3 Å². The molecule has 0 aliphatic carbocycles. The number of nitrogens with one attached hydrogen (secondary N) is 1. The molecular formula is C22H30N4O. The second-order valence-corrected chi connectivity index (χ2v) is 8.06. The molecule has 0 radical (unpaired) electrons. The fraction of sp³-hybridized carbons (Fsp3) is 0.545. The van der Waals surface area contributed by atoms with E-state index in [0.717, 1.165) is 64.2 Å². The van der Waals surface area contributed by atoms with E-state index in [2.05, 4.69) is 50.1 Å². The Hall–Kier alpha value is -2.14. The number of hydrogen-bond acceptors (Lipinski definition) is 3. The molecular weight excluding hydrogens is 336 g/mol. The monoisotopic (exact) mass is 366 g/mol. The predicted molar refractivity (Wildman–Crippen MR) is 106 cm³/mol. The van der Waals surface area contributed by atoms with Crippen molar-refractivity contribution in [3.8, 4) is 0 Å². The van der Waals surface area contributed by atoms with Crippen LogP contribution in [0.4, 0.5) is 0 Å². The predicted octanol–water partition coefficient (Wildman–Crippen LogP) is 3.42. The normalized spacial score (nSPS) is 22.1. The van der Waals surface area contributed by atoms with Gasteiger partial charge in [-0.2, -0.15) is 0 Å². The van der Waals surface area contributed by atoms with Crippen LogP contribution in [0.15, 0.2) is 42.7 Å². The molecule has 3 heterocycles. The quantitative estimate of drug-likeness (QED) is 0.882. The van der Waals surface area contributed by atoms with E-state index in [1.54, 1.807) is 6.20 Å². The van der Waals surface area contributed by atoms with Crippen LogP contribution < -0.4 is 0 Å². The van der Waals surface area contributed by atoms with Gasteiger partial charge < -0.3 is 9.88 Å². The van der Waals surface area contributed by atoms with Crippen LogP contribution in [0.1, 0.15) is 49.4 Å². The first-order valence-corrected chi connectivity index (χ1v) is 10.3. The van der Waals surface area contributed by atoms with Crippen LogP contribution in [0.3, 0.4) is 0 Å².